The van der Waals surface area contributed by atoms with E-state index in [9.17, 15) is 5.11 Å². The summed E-state index contributed by atoms with van der Waals surface area (Å²) in [7, 11) is 4.72. The van der Waals surface area contributed by atoms with Gasteiger partial charge in [-0.3, -0.25) is 0 Å². The van der Waals surface area contributed by atoms with Gasteiger partial charge in [-0.25, -0.2) is 4.68 Å². The fourth-order valence-corrected chi connectivity index (χ4v) is 1.90. The third kappa shape index (κ3) is 2.59. The van der Waals surface area contributed by atoms with Gasteiger partial charge in [0.15, 0.2) is 11.5 Å². The molecule has 0 fully saturated rings. The van der Waals surface area contributed by atoms with Gasteiger partial charge in [-0.05, 0) is 12.1 Å². The molecule has 0 radical (unpaired) electrons. The second kappa shape index (κ2) is 6.36. The van der Waals surface area contributed by atoms with Crippen molar-refractivity contribution in [2.75, 3.05) is 21.3 Å². The lowest BCUT2D eigenvalue weighted by Crippen LogP contribution is -2.05. The van der Waals surface area contributed by atoms with Crippen molar-refractivity contribution in [2.45, 2.75) is 13.2 Å². The fraction of sp³-hybridized carbons (Fsp3) is 0.385. The van der Waals surface area contributed by atoms with E-state index in [4.69, 9.17) is 14.2 Å². The van der Waals surface area contributed by atoms with Crippen molar-refractivity contribution in [2.24, 2.45) is 0 Å². The summed E-state index contributed by atoms with van der Waals surface area (Å²) >= 11 is 0. The number of aliphatic hydroxyl groups excluding tert-OH is 1. The smallest absolute Gasteiger partial charge is 0.162 e. The molecular weight excluding hydrogens is 262 g/mol. The maximum Gasteiger partial charge on any atom is 0.162 e. The van der Waals surface area contributed by atoms with Crippen molar-refractivity contribution in [3.63, 3.8) is 0 Å². The Morgan fingerprint density at radius 2 is 1.90 bits per heavy atom. The van der Waals surface area contributed by atoms with Gasteiger partial charge in [-0.2, -0.15) is 0 Å². The van der Waals surface area contributed by atoms with E-state index < -0.39 is 0 Å². The Labute approximate surface area is 116 Å². The third-order valence-electron chi connectivity index (χ3n) is 2.89. The molecule has 0 aliphatic rings. The summed E-state index contributed by atoms with van der Waals surface area (Å²) < 4.78 is 17.2. The first kappa shape index (κ1) is 14.3. The zero-order valence-corrected chi connectivity index (χ0v) is 11.7. The number of hydrogen-bond donors (Lipinski definition) is 1. The molecule has 1 heterocycles. The number of nitrogens with zero attached hydrogens (tertiary/aromatic N) is 3. The summed E-state index contributed by atoms with van der Waals surface area (Å²) in [4.78, 5) is 0. The van der Waals surface area contributed by atoms with Crippen molar-refractivity contribution in [1.29, 1.82) is 0 Å². The molecule has 2 aromatic rings. The van der Waals surface area contributed by atoms with Crippen LogP contribution in [0.4, 0.5) is 0 Å². The van der Waals surface area contributed by atoms with E-state index in [1.807, 2.05) is 6.07 Å². The van der Waals surface area contributed by atoms with Crippen molar-refractivity contribution in [1.82, 2.24) is 15.0 Å². The molecule has 108 valence electrons. The van der Waals surface area contributed by atoms with Gasteiger partial charge in [0.1, 0.15) is 5.69 Å². The number of aliphatic hydroxyl groups is 1. The molecule has 0 saturated heterocycles. The van der Waals surface area contributed by atoms with Crippen molar-refractivity contribution >= 4 is 0 Å². The zero-order chi connectivity index (χ0) is 14.5. The molecule has 2 rings (SSSR count). The average molecular weight is 279 g/mol. The van der Waals surface area contributed by atoms with Gasteiger partial charge in [-0.1, -0.05) is 5.21 Å². The van der Waals surface area contributed by atoms with E-state index in [-0.39, 0.29) is 6.61 Å². The van der Waals surface area contributed by atoms with Crippen molar-refractivity contribution < 1.29 is 19.3 Å². The van der Waals surface area contributed by atoms with Crippen LogP contribution in [0.15, 0.2) is 18.2 Å². The minimum Gasteiger partial charge on any atom is -0.493 e. The number of benzene rings is 1. The molecule has 0 bridgehead atoms. The molecule has 0 spiro atoms. The van der Waals surface area contributed by atoms with Crippen LogP contribution in [0.3, 0.4) is 0 Å². The highest BCUT2D eigenvalue weighted by Crippen LogP contribution is 2.29. The Kier molecular flexibility index (Phi) is 4.54. The number of methoxy groups -OCH3 is 3. The van der Waals surface area contributed by atoms with Gasteiger partial charge in [0.2, 0.25) is 0 Å². The first-order chi connectivity index (χ1) is 9.74. The maximum atomic E-state index is 9.27. The first-order valence-electron chi connectivity index (χ1n) is 6.00. The van der Waals surface area contributed by atoms with Crippen LogP contribution in [0.25, 0.3) is 5.69 Å². The summed E-state index contributed by atoms with van der Waals surface area (Å²) in [5, 5.41) is 17.2. The molecule has 0 atom stereocenters. The van der Waals surface area contributed by atoms with Gasteiger partial charge in [0, 0.05) is 13.2 Å². The Bertz CT molecular complexity index is 583. The molecule has 0 saturated carbocycles. The number of aromatic nitrogens is 3. The number of rotatable bonds is 6. The highest BCUT2D eigenvalue weighted by molar-refractivity contribution is 5.49. The van der Waals surface area contributed by atoms with Crippen molar-refractivity contribution in [3.8, 4) is 17.2 Å². The van der Waals surface area contributed by atoms with Crippen LogP contribution in [0.2, 0.25) is 0 Å². The Morgan fingerprint density at radius 3 is 2.50 bits per heavy atom. The lowest BCUT2D eigenvalue weighted by Gasteiger charge is -2.11. The van der Waals surface area contributed by atoms with E-state index in [0.29, 0.717) is 29.5 Å². The molecule has 20 heavy (non-hydrogen) atoms. The van der Waals surface area contributed by atoms with Gasteiger partial charge >= 0.3 is 0 Å². The second-order valence-electron chi connectivity index (χ2n) is 4.03. The molecular formula is C13H17N3O4. The highest BCUT2D eigenvalue weighted by Gasteiger charge is 2.15. The SMILES string of the molecule is COCc1c(CO)nnn1-c1ccc(OC)c(OC)c1. The zero-order valence-electron chi connectivity index (χ0n) is 11.7. The normalized spacial score (nSPS) is 10.6. The van der Waals surface area contributed by atoms with E-state index in [1.54, 1.807) is 38.1 Å². The van der Waals surface area contributed by atoms with Crippen molar-refractivity contribution in [3.05, 3.63) is 29.6 Å². The van der Waals surface area contributed by atoms with Crippen LogP contribution < -0.4 is 9.47 Å². The van der Waals surface area contributed by atoms with Crippen LogP contribution >= 0.6 is 0 Å². The molecule has 1 aromatic carbocycles. The predicted molar refractivity (Wildman–Crippen MR) is 71.1 cm³/mol. The van der Waals surface area contributed by atoms with Crippen LogP contribution in [-0.2, 0) is 18.0 Å². The van der Waals surface area contributed by atoms with Crippen LogP contribution in [0, 0.1) is 0 Å². The standard InChI is InChI=1S/C13H17N3O4/c1-18-8-11-10(7-17)14-15-16(11)9-4-5-12(19-2)13(6-9)20-3/h4-6,17H,7-8H2,1-3H3. The molecule has 7 nitrogen and oxygen atoms in total. The second-order valence-corrected chi connectivity index (χ2v) is 4.03. The Balaban J connectivity index is 2.48. The largest absolute Gasteiger partial charge is 0.493 e. The summed E-state index contributed by atoms with van der Waals surface area (Å²) in [5.74, 6) is 1.22. The summed E-state index contributed by atoms with van der Waals surface area (Å²) in [6.07, 6.45) is 0. The van der Waals surface area contributed by atoms with Crippen LogP contribution in [0.5, 0.6) is 11.5 Å². The third-order valence-corrected chi connectivity index (χ3v) is 2.89. The monoisotopic (exact) mass is 279 g/mol. The minimum atomic E-state index is -0.189. The van der Waals surface area contributed by atoms with Gasteiger partial charge < -0.3 is 19.3 Å². The molecule has 0 unspecified atom stereocenters. The van der Waals surface area contributed by atoms with Gasteiger partial charge in [0.25, 0.3) is 0 Å². The van der Waals surface area contributed by atoms with E-state index in [2.05, 4.69) is 10.3 Å². The van der Waals surface area contributed by atoms with E-state index >= 15 is 0 Å². The number of ether oxygens (including phenoxy) is 3. The molecule has 0 aliphatic carbocycles. The Morgan fingerprint density at radius 1 is 1.15 bits per heavy atom. The average Bonchev–Trinajstić information content (AvgIpc) is 2.89. The topological polar surface area (TPSA) is 78.6 Å². The van der Waals surface area contributed by atoms with Crippen LogP contribution in [-0.4, -0.2) is 41.4 Å². The Hall–Kier alpha value is -2.12. The van der Waals surface area contributed by atoms with Gasteiger partial charge in [-0.15, -0.1) is 5.10 Å². The summed E-state index contributed by atoms with van der Waals surface area (Å²) in [5.41, 5.74) is 1.94. The quantitative estimate of drug-likeness (QED) is 0.847. The van der Waals surface area contributed by atoms with Gasteiger partial charge in [0.05, 0.1) is 38.8 Å². The predicted octanol–water partition coefficient (Wildman–Crippen LogP) is 0.923. The molecule has 1 N–H and O–H groups in total. The van der Waals surface area contributed by atoms with E-state index in [1.165, 1.54) is 0 Å². The minimum absolute atomic E-state index is 0.189. The molecule has 0 amide bonds. The van der Waals surface area contributed by atoms with E-state index in [0.717, 1.165) is 5.69 Å². The molecule has 7 heteroatoms. The maximum absolute atomic E-state index is 9.27. The highest BCUT2D eigenvalue weighted by atomic mass is 16.5. The number of hydrogen-bond acceptors (Lipinski definition) is 6. The molecule has 0 aliphatic heterocycles. The lowest BCUT2D eigenvalue weighted by atomic mass is 10.2. The molecule has 1 aromatic heterocycles. The summed E-state index contributed by atoms with van der Waals surface area (Å²) in [6, 6.07) is 5.40. The fourth-order valence-electron chi connectivity index (χ4n) is 1.90. The van der Waals surface area contributed by atoms with Crippen LogP contribution in [0.1, 0.15) is 11.4 Å². The summed E-state index contributed by atoms with van der Waals surface area (Å²) in [6.45, 7) is 0.114. The lowest BCUT2D eigenvalue weighted by molar-refractivity contribution is 0.175. The first-order valence-corrected chi connectivity index (χ1v) is 6.00.